The maximum Gasteiger partial charge on any atom is 0.163 e. The minimum Gasteiger partial charge on any atom is -0.347 e. The molecule has 0 aliphatic carbocycles. The number of alkyl halides is 1. The Balaban J connectivity index is 2.32. The maximum absolute atomic E-state index is 5.57. The van der Waals surface area contributed by atoms with E-state index in [1.807, 2.05) is 38.2 Å². The molecule has 3 heteroatoms. The summed E-state index contributed by atoms with van der Waals surface area (Å²) in [4.78, 5) is 0. The Morgan fingerprint density at radius 2 is 2.23 bits per heavy atom. The molecule has 0 radical (unpaired) electrons. The Kier molecular flexibility index (Phi) is 4.16. The molecule has 0 N–H and O–H groups in total. The summed E-state index contributed by atoms with van der Waals surface area (Å²) in [5, 5.41) is 0.880. The van der Waals surface area contributed by atoms with Gasteiger partial charge in [-0.25, -0.2) is 0 Å². The molecule has 2 nitrogen and oxygen atoms in total. The van der Waals surface area contributed by atoms with Crippen LogP contribution in [-0.2, 0) is 9.47 Å². The number of ether oxygens (including phenoxy) is 2. The molecule has 0 aromatic heterocycles. The quantitative estimate of drug-likeness (QED) is 0.563. The lowest BCUT2D eigenvalue weighted by atomic mass is 10.3. The summed E-state index contributed by atoms with van der Waals surface area (Å²) in [6.45, 7) is 4.50. The van der Waals surface area contributed by atoms with E-state index in [2.05, 4.69) is 15.9 Å². The molecule has 1 aliphatic rings. The topological polar surface area (TPSA) is 18.5 Å². The summed E-state index contributed by atoms with van der Waals surface area (Å²) >= 11 is 3.30. The van der Waals surface area contributed by atoms with E-state index in [0.717, 1.165) is 5.33 Å². The van der Waals surface area contributed by atoms with Crippen molar-refractivity contribution in [2.24, 2.45) is 0 Å². The molecular weight excluding hydrogens is 232 g/mol. The van der Waals surface area contributed by atoms with Crippen molar-refractivity contribution in [3.63, 3.8) is 0 Å². The Hall–Kier alpha value is -0.120. The molecule has 1 aliphatic heterocycles. The minimum atomic E-state index is -0.422. The van der Waals surface area contributed by atoms with E-state index in [-0.39, 0.29) is 6.10 Å². The van der Waals surface area contributed by atoms with Crippen LogP contribution >= 0.6 is 15.9 Å². The monoisotopic (exact) mass is 246 g/mol. The summed E-state index contributed by atoms with van der Waals surface area (Å²) in [5.74, 6) is -0.422. The average Bonchev–Trinajstić information content (AvgIpc) is 2.40. The van der Waals surface area contributed by atoms with Gasteiger partial charge in [0, 0.05) is 5.33 Å². The Morgan fingerprint density at radius 1 is 1.46 bits per heavy atom. The molecule has 0 aromatic carbocycles. The normalized spacial score (nSPS) is 27.8. The van der Waals surface area contributed by atoms with E-state index in [4.69, 9.17) is 9.47 Å². The predicted molar refractivity (Wildman–Crippen MR) is 57.0 cm³/mol. The van der Waals surface area contributed by atoms with E-state index in [0.29, 0.717) is 6.61 Å². The highest BCUT2D eigenvalue weighted by atomic mass is 79.9. The average molecular weight is 247 g/mol. The molecular formula is C10H15BrO2. The molecule has 0 unspecified atom stereocenters. The first-order valence-corrected chi connectivity index (χ1v) is 5.47. The zero-order valence-electron chi connectivity index (χ0n) is 8.00. The third-order valence-corrected chi connectivity index (χ3v) is 2.07. The molecule has 13 heavy (non-hydrogen) atoms. The molecule has 1 fully saturated rings. The van der Waals surface area contributed by atoms with Crippen molar-refractivity contribution < 1.29 is 9.47 Å². The van der Waals surface area contributed by atoms with Gasteiger partial charge < -0.3 is 9.47 Å². The first-order chi connectivity index (χ1) is 6.14. The second kappa shape index (κ2) is 4.94. The van der Waals surface area contributed by atoms with Gasteiger partial charge in [0.05, 0.1) is 6.61 Å². The van der Waals surface area contributed by atoms with Crippen molar-refractivity contribution in [1.29, 1.82) is 0 Å². The van der Waals surface area contributed by atoms with Crippen LogP contribution in [0.25, 0.3) is 0 Å². The molecule has 0 bridgehead atoms. The molecule has 0 amide bonds. The van der Waals surface area contributed by atoms with Crippen molar-refractivity contribution in [1.82, 2.24) is 0 Å². The number of rotatable bonds is 3. The van der Waals surface area contributed by atoms with Crippen LogP contribution in [0.15, 0.2) is 24.3 Å². The molecule has 0 spiro atoms. The van der Waals surface area contributed by atoms with Crippen molar-refractivity contribution in [2.45, 2.75) is 25.7 Å². The number of halogens is 1. The van der Waals surface area contributed by atoms with Crippen LogP contribution in [-0.4, -0.2) is 23.8 Å². The molecule has 1 rings (SSSR count). The van der Waals surface area contributed by atoms with E-state index in [9.17, 15) is 0 Å². The van der Waals surface area contributed by atoms with E-state index in [1.165, 1.54) is 0 Å². The molecule has 0 aromatic rings. The van der Waals surface area contributed by atoms with Crippen LogP contribution in [0.2, 0.25) is 0 Å². The van der Waals surface area contributed by atoms with Gasteiger partial charge in [0.15, 0.2) is 5.79 Å². The van der Waals surface area contributed by atoms with Crippen molar-refractivity contribution in [3.05, 3.63) is 24.3 Å². The minimum absolute atomic E-state index is 0.0926. The predicted octanol–water partition coefficient (Wildman–Crippen LogP) is 2.65. The van der Waals surface area contributed by atoms with Gasteiger partial charge in [0.2, 0.25) is 0 Å². The second-order valence-corrected chi connectivity index (χ2v) is 3.98. The van der Waals surface area contributed by atoms with Gasteiger partial charge in [-0.05, 0) is 13.8 Å². The Bertz CT molecular complexity index is 209. The summed E-state index contributed by atoms with van der Waals surface area (Å²) in [7, 11) is 0. The van der Waals surface area contributed by atoms with Crippen molar-refractivity contribution in [2.75, 3.05) is 11.9 Å². The molecule has 1 heterocycles. The fourth-order valence-corrected chi connectivity index (χ4v) is 1.34. The van der Waals surface area contributed by atoms with Gasteiger partial charge in [-0.15, -0.1) is 0 Å². The van der Waals surface area contributed by atoms with Gasteiger partial charge in [0.1, 0.15) is 6.10 Å². The standard InChI is InChI=1S/C10H15BrO2/c1-10(2)12-8-9(13-10)6-4-3-5-7-11/h3-6,9H,7-8H2,1-2H3/b5-3+,6-4+/t9-/m0/s1. The summed E-state index contributed by atoms with van der Waals surface area (Å²) in [6.07, 6.45) is 8.10. The molecule has 1 atom stereocenters. The highest BCUT2D eigenvalue weighted by Gasteiger charge is 2.30. The van der Waals surface area contributed by atoms with Crippen molar-refractivity contribution >= 4 is 15.9 Å². The zero-order chi connectivity index (χ0) is 9.73. The summed E-state index contributed by atoms with van der Waals surface area (Å²) in [6, 6.07) is 0. The summed E-state index contributed by atoms with van der Waals surface area (Å²) in [5.41, 5.74) is 0. The van der Waals surface area contributed by atoms with E-state index in [1.54, 1.807) is 0 Å². The smallest absolute Gasteiger partial charge is 0.163 e. The third kappa shape index (κ3) is 4.07. The van der Waals surface area contributed by atoms with Crippen LogP contribution in [0.3, 0.4) is 0 Å². The number of hydrogen-bond acceptors (Lipinski definition) is 2. The number of hydrogen-bond donors (Lipinski definition) is 0. The second-order valence-electron chi connectivity index (χ2n) is 3.33. The van der Waals surface area contributed by atoms with Gasteiger partial charge in [0.25, 0.3) is 0 Å². The fourth-order valence-electron chi connectivity index (χ4n) is 1.13. The lowest BCUT2D eigenvalue weighted by Gasteiger charge is -2.15. The van der Waals surface area contributed by atoms with E-state index < -0.39 is 5.79 Å². The van der Waals surface area contributed by atoms with Crippen LogP contribution < -0.4 is 0 Å². The van der Waals surface area contributed by atoms with Crippen molar-refractivity contribution in [3.8, 4) is 0 Å². The zero-order valence-corrected chi connectivity index (χ0v) is 9.58. The van der Waals surface area contributed by atoms with Gasteiger partial charge in [-0.1, -0.05) is 40.2 Å². The Morgan fingerprint density at radius 3 is 2.77 bits per heavy atom. The van der Waals surface area contributed by atoms with Gasteiger partial charge >= 0.3 is 0 Å². The first-order valence-electron chi connectivity index (χ1n) is 4.35. The van der Waals surface area contributed by atoms with Gasteiger partial charge in [-0.2, -0.15) is 0 Å². The highest BCUT2D eigenvalue weighted by Crippen LogP contribution is 2.22. The SMILES string of the molecule is CC1(C)OC[C@H](/C=C/C=C/CBr)O1. The fraction of sp³-hybridized carbons (Fsp3) is 0.600. The maximum atomic E-state index is 5.57. The third-order valence-electron chi connectivity index (χ3n) is 1.69. The molecule has 1 saturated heterocycles. The first kappa shape index (κ1) is 11.0. The van der Waals surface area contributed by atoms with Crippen LogP contribution in [0.1, 0.15) is 13.8 Å². The Labute approximate surface area is 87.7 Å². The largest absolute Gasteiger partial charge is 0.347 e. The lowest BCUT2D eigenvalue weighted by Crippen LogP contribution is -2.20. The lowest BCUT2D eigenvalue weighted by molar-refractivity contribution is -0.133. The van der Waals surface area contributed by atoms with E-state index >= 15 is 0 Å². The summed E-state index contributed by atoms with van der Waals surface area (Å²) < 4.78 is 11.0. The highest BCUT2D eigenvalue weighted by molar-refractivity contribution is 9.09. The molecule has 0 saturated carbocycles. The number of allylic oxidation sites excluding steroid dienone is 3. The molecule has 74 valence electrons. The van der Waals surface area contributed by atoms with Crippen LogP contribution in [0, 0.1) is 0 Å². The van der Waals surface area contributed by atoms with Crippen LogP contribution in [0.4, 0.5) is 0 Å². The van der Waals surface area contributed by atoms with Gasteiger partial charge in [-0.3, -0.25) is 0 Å². The van der Waals surface area contributed by atoms with Crippen LogP contribution in [0.5, 0.6) is 0 Å².